The van der Waals surface area contributed by atoms with E-state index in [-0.39, 0.29) is 5.69 Å². The van der Waals surface area contributed by atoms with E-state index in [1.165, 1.54) is 24.4 Å². The molecule has 0 bridgehead atoms. The van der Waals surface area contributed by atoms with Crippen LogP contribution in [0.3, 0.4) is 0 Å². The summed E-state index contributed by atoms with van der Waals surface area (Å²) in [5.74, 6) is 0. The zero-order chi connectivity index (χ0) is 19.4. The van der Waals surface area contributed by atoms with Crippen molar-refractivity contribution in [2.24, 2.45) is 0 Å². The molecule has 0 atom stereocenters. The first-order chi connectivity index (χ1) is 12.8. The maximum atomic E-state index is 13.0. The average molecular weight is 439 g/mol. The van der Waals surface area contributed by atoms with Gasteiger partial charge in [-0.2, -0.15) is 18.3 Å². The van der Waals surface area contributed by atoms with Gasteiger partial charge in [0.2, 0.25) is 0 Å². The fraction of sp³-hybridized carbons (Fsp3) is 0.111. The van der Waals surface area contributed by atoms with Crippen molar-refractivity contribution < 1.29 is 18.0 Å². The summed E-state index contributed by atoms with van der Waals surface area (Å²) in [4.78, 5) is 12.0. The van der Waals surface area contributed by atoms with E-state index in [0.29, 0.717) is 12.2 Å². The average Bonchev–Trinajstić information content (AvgIpc) is 3.03. The topological polar surface area (TPSA) is 59.0 Å². The van der Waals surface area contributed by atoms with Crippen molar-refractivity contribution in [1.29, 1.82) is 0 Å². The lowest BCUT2D eigenvalue weighted by Gasteiger charge is -2.13. The van der Waals surface area contributed by atoms with Crippen LogP contribution in [0.15, 0.2) is 65.4 Å². The van der Waals surface area contributed by atoms with E-state index in [9.17, 15) is 18.0 Å². The Labute approximate surface area is 161 Å². The lowest BCUT2D eigenvalue weighted by atomic mass is 10.1. The molecule has 140 valence electrons. The lowest BCUT2D eigenvalue weighted by molar-refractivity contribution is -0.136. The van der Waals surface area contributed by atoms with E-state index in [4.69, 9.17) is 0 Å². The molecule has 3 rings (SSSR count). The van der Waals surface area contributed by atoms with Gasteiger partial charge in [0, 0.05) is 10.7 Å². The Morgan fingerprint density at radius 1 is 1.07 bits per heavy atom. The molecule has 0 fully saturated rings. The number of benzene rings is 2. The van der Waals surface area contributed by atoms with E-state index in [2.05, 4.69) is 31.7 Å². The molecule has 0 saturated carbocycles. The minimum absolute atomic E-state index is 0.315. The molecule has 0 saturated heterocycles. The van der Waals surface area contributed by atoms with Crippen molar-refractivity contribution in [3.8, 4) is 0 Å². The largest absolute Gasteiger partial charge is 0.418 e. The van der Waals surface area contributed by atoms with Gasteiger partial charge in [-0.25, -0.2) is 4.79 Å². The second-order valence-electron chi connectivity index (χ2n) is 5.68. The summed E-state index contributed by atoms with van der Waals surface area (Å²) in [7, 11) is 0. The Morgan fingerprint density at radius 2 is 1.78 bits per heavy atom. The highest BCUT2D eigenvalue weighted by Crippen LogP contribution is 2.34. The van der Waals surface area contributed by atoms with Crippen LogP contribution in [0.2, 0.25) is 0 Å². The van der Waals surface area contributed by atoms with Crippen molar-refractivity contribution in [3.05, 3.63) is 76.5 Å². The Morgan fingerprint density at radius 3 is 2.48 bits per heavy atom. The molecule has 0 aliphatic heterocycles. The van der Waals surface area contributed by atoms with Crippen molar-refractivity contribution in [1.82, 2.24) is 9.78 Å². The number of carbonyl (C=O) groups excluding carboxylic acids is 1. The first-order valence-electron chi connectivity index (χ1n) is 7.82. The van der Waals surface area contributed by atoms with E-state index >= 15 is 0 Å². The number of urea groups is 1. The maximum Gasteiger partial charge on any atom is 0.418 e. The Bertz CT molecular complexity index is 938. The van der Waals surface area contributed by atoms with Crippen LogP contribution in [0, 0.1) is 0 Å². The zero-order valence-electron chi connectivity index (χ0n) is 13.8. The fourth-order valence-electron chi connectivity index (χ4n) is 2.42. The molecule has 3 aromatic rings. The number of hydrogen-bond donors (Lipinski definition) is 2. The van der Waals surface area contributed by atoms with E-state index in [1.54, 1.807) is 10.9 Å². The number of hydrogen-bond acceptors (Lipinski definition) is 2. The van der Waals surface area contributed by atoms with E-state index in [1.807, 2.05) is 24.3 Å². The smallest absolute Gasteiger partial charge is 0.307 e. The number of para-hydroxylation sites is 1. The van der Waals surface area contributed by atoms with Crippen molar-refractivity contribution in [2.75, 3.05) is 10.6 Å². The van der Waals surface area contributed by atoms with E-state index < -0.39 is 17.8 Å². The van der Waals surface area contributed by atoms with Crippen LogP contribution in [0.1, 0.15) is 11.1 Å². The molecule has 0 unspecified atom stereocenters. The van der Waals surface area contributed by atoms with Gasteiger partial charge in [-0.15, -0.1) is 0 Å². The van der Waals surface area contributed by atoms with Crippen LogP contribution in [-0.4, -0.2) is 15.8 Å². The molecule has 2 N–H and O–H groups in total. The third-order valence-electron chi connectivity index (χ3n) is 3.63. The fourth-order valence-corrected chi connectivity index (χ4v) is 2.68. The molecule has 9 heteroatoms. The van der Waals surface area contributed by atoms with Gasteiger partial charge in [0.05, 0.1) is 29.7 Å². The number of aromatic nitrogens is 2. The Balaban J connectivity index is 1.64. The lowest BCUT2D eigenvalue weighted by Crippen LogP contribution is -2.21. The molecule has 0 radical (unpaired) electrons. The molecule has 2 aromatic carbocycles. The van der Waals surface area contributed by atoms with Crippen LogP contribution in [0.5, 0.6) is 0 Å². The van der Waals surface area contributed by atoms with Gasteiger partial charge in [0.15, 0.2) is 0 Å². The number of nitrogens with zero attached hydrogens (tertiary/aromatic N) is 2. The standard InChI is InChI=1S/C18H14BrF3N4O/c19-13-7-5-12(6-8-13)10-26-11-14(9-23-26)24-17(27)25-16-4-2-1-3-15(16)18(20,21)22/h1-9,11H,10H2,(H2,24,25,27). The third-order valence-corrected chi connectivity index (χ3v) is 4.16. The molecule has 2 amide bonds. The number of amides is 2. The van der Waals surface area contributed by atoms with Crippen LogP contribution >= 0.6 is 15.9 Å². The second kappa shape index (κ2) is 7.83. The maximum absolute atomic E-state index is 13.0. The molecule has 0 aliphatic carbocycles. The first kappa shape index (κ1) is 19.0. The summed E-state index contributed by atoms with van der Waals surface area (Å²) in [5, 5.41) is 8.83. The quantitative estimate of drug-likeness (QED) is 0.576. The summed E-state index contributed by atoms with van der Waals surface area (Å²) in [5.41, 5.74) is 0.154. The molecule has 1 aromatic heterocycles. The normalized spacial score (nSPS) is 11.3. The summed E-state index contributed by atoms with van der Waals surface area (Å²) in [6, 6.07) is 11.7. The van der Waals surface area contributed by atoms with Gasteiger partial charge >= 0.3 is 12.2 Å². The number of halogens is 4. The molecule has 5 nitrogen and oxygen atoms in total. The van der Waals surface area contributed by atoms with Crippen molar-refractivity contribution in [3.63, 3.8) is 0 Å². The van der Waals surface area contributed by atoms with Gasteiger partial charge in [-0.1, -0.05) is 40.2 Å². The summed E-state index contributed by atoms with van der Waals surface area (Å²) in [6.07, 6.45) is -1.54. The number of carbonyl (C=O) groups is 1. The first-order valence-corrected chi connectivity index (χ1v) is 8.62. The van der Waals surface area contributed by atoms with Crippen molar-refractivity contribution >= 4 is 33.3 Å². The predicted octanol–water partition coefficient (Wildman–Crippen LogP) is 5.36. The van der Waals surface area contributed by atoms with Gasteiger partial charge in [-0.05, 0) is 29.8 Å². The molecule has 27 heavy (non-hydrogen) atoms. The van der Waals surface area contributed by atoms with Crippen LogP contribution < -0.4 is 10.6 Å². The highest BCUT2D eigenvalue weighted by atomic mass is 79.9. The SMILES string of the molecule is O=C(Nc1cnn(Cc2ccc(Br)cc2)c1)Nc1ccccc1C(F)(F)F. The van der Waals surface area contributed by atoms with Gasteiger partial charge < -0.3 is 10.6 Å². The second-order valence-corrected chi connectivity index (χ2v) is 6.59. The van der Waals surface area contributed by atoms with Crippen molar-refractivity contribution in [2.45, 2.75) is 12.7 Å². The molecular formula is C18H14BrF3N4O. The highest BCUT2D eigenvalue weighted by molar-refractivity contribution is 9.10. The minimum Gasteiger partial charge on any atom is -0.307 e. The highest BCUT2D eigenvalue weighted by Gasteiger charge is 2.33. The van der Waals surface area contributed by atoms with Crippen LogP contribution in [-0.2, 0) is 12.7 Å². The Kier molecular flexibility index (Phi) is 5.50. The van der Waals surface area contributed by atoms with Gasteiger partial charge in [0.25, 0.3) is 0 Å². The van der Waals surface area contributed by atoms with Gasteiger partial charge in [-0.3, -0.25) is 4.68 Å². The molecule has 0 spiro atoms. The number of rotatable bonds is 4. The Hall–Kier alpha value is -2.81. The number of nitrogens with one attached hydrogen (secondary N) is 2. The molecule has 0 aliphatic rings. The number of anilines is 2. The third kappa shape index (κ3) is 5.10. The minimum atomic E-state index is -4.56. The van der Waals surface area contributed by atoms with Gasteiger partial charge in [0.1, 0.15) is 0 Å². The predicted molar refractivity (Wildman–Crippen MR) is 99.6 cm³/mol. The summed E-state index contributed by atoms with van der Waals surface area (Å²) >= 11 is 3.36. The zero-order valence-corrected chi connectivity index (χ0v) is 15.4. The number of alkyl halides is 3. The van der Waals surface area contributed by atoms with E-state index in [0.717, 1.165) is 16.1 Å². The molecular weight excluding hydrogens is 425 g/mol. The summed E-state index contributed by atoms with van der Waals surface area (Å²) in [6.45, 7) is 0.494. The van der Waals surface area contributed by atoms with Crippen LogP contribution in [0.4, 0.5) is 29.3 Å². The molecule has 1 heterocycles. The monoisotopic (exact) mass is 438 g/mol. The summed E-state index contributed by atoms with van der Waals surface area (Å²) < 4.78 is 41.5. The van der Waals surface area contributed by atoms with Crippen LogP contribution in [0.25, 0.3) is 0 Å².